The smallest absolute Gasteiger partial charge is 0.310 e. The minimum Gasteiger partial charge on any atom is -0.497 e. The van der Waals surface area contributed by atoms with Crippen molar-refractivity contribution in [3.8, 4) is 11.5 Å². The molecule has 6 heteroatoms. The normalized spacial score (nSPS) is 26.9. The number of hydrogen-bond acceptors (Lipinski definition) is 5. The van der Waals surface area contributed by atoms with Gasteiger partial charge >= 0.3 is 5.97 Å². The number of amides is 1. The molecule has 2 aromatic carbocycles. The zero-order valence-electron chi connectivity index (χ0n) is 19.9. The predicted octanol–water partition coefficient (Wildman–Crippen LogP) is 4.52. The number of rotatable bonds is 8. The Morgan fingerprint density at radius 3 is 1.71 bits per heavy atom. The van der Waals surface area contributed by atoms with Crippen LogP contribution in [-0.2, 0) is 14.3 Å². The molecule has 0 heterocycles. The van der Waals surface area contributed by atoms with Gasteiger partial charge in [0.15, 0.2) is 6.61 Å². The highest BCUT2D eigenvalue weighted by atomic mass is 16.5. The Hall–Kier alpha value is -3.02. The number of benzene rings is 2. The SMILES string of the molecule is COc1ccc(C(NC(=O)COC(=O)C2C3CC4CC(C3)CC2C4)c2ccc(OC)cc2)cc1. The molecule has 2 aromatic rings. The number of carbonyl (C=O) groups is 2. The molecule has 4 saturated carbocycles. The fourth-order valence-corrected chi connectivity index (χ4v) is 6.70. The van der Waals surface area contributed by atoms with Crippen molar-refractivity contribution in [2.75, 3.05) is 20.8 Å². The molecular formula is C28H33NO5. The summed E-state index contributed by atoms with van der Waals surface area (Å²) in [5.41, 5.74) is 1.82. The van der Waals surface area contributed by atoms with Gasteiger partial charge in [0.1, 0.15) is 11.5 Å². The van der Waals surface area contributed by atoms with Crippen molar-refractivity contribution < 1.29 is 23.8 Å². The molecule has 34 heavy (non-hydrogen) atoms. The molecule has 0 aliphatic heterocycles. The summed E-state index contributed by atoms with van der Waals surface area (Å²) < 4.78 is 16.1. The van der Waals surface area contributed by atoms with Crippen LogP contribution in [0.4, 0.5) is 0 Å². The average Bonchev–Trinajstić information content (AvgIpc) is 2.85. The first kappa shape index (κ1) is 22.8. The van der Waals surface area contributed by atoms with Crippen LogP contribution < -0.4 is 14.8 Å². The Morgan fingerprint density at radius 2 is 1.26 bits per heavy atom. The van der Waals surface area contributed by atoms with Gasteiger partial charge in [0.05, 0.1) is 26.2 Å². The summed E-state index contributed by atoms with van der Waals surface area (Å²) in [4.78, 5) is 25.9. The molecule has 6 rings (SSSR count). The monoisotopic (exact) mass is 463 g/mol. The fourth-order valence-electron chi connectivity index (χ4n) is 6.70. The first-order chi connectivity index (χ1) is 16.5. The van der Waals surface area contributed by atoms with Crippen molar-refractivity contribution in [3.63, 3.8) is 0 Å². The molecule has 1 N–H and O–H groups in total. The van der Waals surface area contributed by atoms with Crippen LogP contribution in [0, 0.1) is 29.6 Å². The van der Waals surface area contributed by atoms with Crippen LogP contribution in [0.1, 0.15) is 49.3 Å². The molecule has 1 amide bonds. The van der Waals surface area contributed by atoms with E-state index in [-0.39, 0.29) is 30.4 Å². The maximum absolute atomic E-state index is 13.0. The second-order valence-electron chi connectivity index (χ2n) is 10.1. The van der Waals surface area contributed by atoms with Crippen molar-refractivity contribution in [3.05, 3.63) is 59.7 Å². The quantitative estimate of drug-likeness (QED) is 0.583. The van der Waals surface area contributed by atoms with Crippen molar-refractivity contribution in [1.82, 2.24) is 5.32 Å². The number of hydrogen-bond donors (Lipinski definition) is 1. The van der Waals surface area contributed by atoms with E-state index in [1.54, 1.807) is 14.2 Å². The highest BCUT2D eigenvalue weighted by molar-refractivity contribution is 5.82. The lowest BCUT2D eigenvalue weighted by atomic mass is 9.52. The van der Waals surface area contributed by atoms with E-state index in [4.69, 9.17) is 14.2 Å². The third-order valence-corrected chi connectivity index (χ3v) is 8.05. The second-order valence-corrected chi connectivity index (χ2v) is 10.1. The van der Waals surface area contributed by atoms with Gasteiger partial charge in [0, 0.05) is 0 Å². The summed E-state index contributed by atoms with van der Waals surface area (Å²) in [5.74, 6) is 3.44. The second kappa shape index (κ2) is 9.69. The van der Waals surface area contributed by atoms with E-state index >= 15 is 0 Å². The Balaban J connectivity index is 1.25. The Bertz CT molecular complexity index is 941. The molecule has 4 fully saturated rings. The highest BCUT2D eigenvalue weighted by Crippen LogP contribution is 2.56. The summed E-state index contributed by atoms with van der Waals surface area (Å²) in [6.45, 7) is -0.259. The Kier molecular flexibility index (Phi) is 6.48. The molecule has 0 radical (unpaired) electrons. The molecule has 0 spiro atoms. The summed E-state index contributed by atoms with van der Waals surface area (Å²) in [7, 11) is 3.24. The summed E-state index contributed by atoms with van der Waals surface area (Å²) in [6.07, 6.45) is 5.94. The first-order valence-electron chi connectivity index (χ1n) is 12.3. The lowest BCUT2D eigenvalue weighted by Gasteiger charge is -2.53. The Labute approximate surface area is 201 Å². The van der Waals surface area contributed by atoms with Gasteiger partial charge in [0.2, 0.25) is 0 Å². The zero-order chi connectivity index (χ0) is 23.7. The lowest BCUT2D eigenvalue weighted by Crippen LogP contribution is -2.48. The van der Waals surface area contributed by atoms with Gasteiger partial charge in [-0.2, -0.15) is 0 Å². The van der Waals surface area contributed by atoms with Gasteiger partial charge in [-0.3, -0.25) is 9.59 Å². The van der Waals surface area contributed by atoms with Crippen LogP contribution in [0.5, 0.6) is 11.5 Å². The van der Waals surface area contributed by atoms with Gasteiger partial charge in [-0.15, -0.1) is 0 Å². The van der Waals surface area contributed by atoms with Crippen LogP contribution in [0.25, 0.3) is 0 Å². The summed E-state index contributed by atoms with van der Waals surface area (Å²) >= 11 is 0. The molecule has 0 atom stereocenters. The van der Waals surface area contributed by atoms with Crippen molar-refractivity contribution >= 4 is 11.9 Å². The maximum Gasteiger partial charge on any atom is 0.310 e. The van der Waals surface area contributed by atoms with Crippen molar-refractivity contribution in [1.29, 1.82) is 0 Å². The topological polar surface area (TPSA) is 73.9 Å². The predicted molar refractivity (Wildman–Crippen MR) is 127 cm³/mol. The van der Waals surface area contributed by atoms with Gasteiger partial charge < -0.3 is 19.5 Å². The molecule has 4 aliphatic carbocycles. The van der Waals surface area contributed by atoms with Gasteiger partial charge in [0.25, 0.3) is 5.91 Å². The average molecular weight is 464 g/mol. The number of nitrogens with one attached hydrogen (secondary N) is 1. The third-order valence-electron chi connectivity index (χ3n) is 8.05. The van der Waals surface area contributed by atoms with E-state index in [2.05, 4.69) is 5.32 Å². The number of ether oxygens (including phenoxy) is 3. The molecular weight excluding hydrogens is 430 g/mol. The minimum absolute atomic E-state index is 0.0282. The Morgan fingerprint density at radius 1 is 0.794 bits per heavy atom. The van der Waals surface area contributed by atoms with E-state index in [0.29, 0.717) is 11.8 Å². The van der Waals surface area contributed by atoms with E-state index in [9.17, 15) is 9.59 Å². The van der Waals surface area contributed by atoms with Crippen LogP contribution in [0.15, 0.2) is 48.5 Å². The molecule has 0 aromatic heterocycles. The van der Waals surface area contributed by atoms with Crippen LogP contribution in [-0.4, -0.2) is 32.7 Å². The molecule has 4 aliphatic rings. The maximum atomic E-state index is 13.0. The summed E-state index contributed by atoms with van der Waals surface area (Å²) in [5, 5.41) is 3.05. The number of methoxy groups -OCH3 is 2. The number of esters is 1. The molecule has 4 bridgehead atoms. The largest absolute Gasteiger partial charge is 0.497 e. The molecule has 0 saturated heterocycles. The van der Waals surface area contributed by atoms with Crippen molar-refractivity contribution in [2.24, 2.45) is 29.6 Å². The lowest BCUT2D eigenvalue weighted by molar-refractivity contribution is -0.164. The summed E-state index contributed by atoms with van der Waals surface area (Å²) in [6, 6.07) is 14.8. The van der Waals surface area contributed by atoms with E-state index < -0.39 is 0 Å². The van der Waals surface area contributed by atoms with E-state index in [1.807, 2.05) is 48.5 Å². The number of carbonyl (C=O) groups excluding carboxylic acids is 2. The van der Waals surface area contributed by atoms with Crippen LogP contribution >= 0.6 is 0 Å². The van der Waals surface area contributed by atoms with E-state index in [0.717, 1.165) is 60.1 Å². The van der Waals surface area contributed by atoms with Crippen molar-refractivity contribution in [2.45, 2.75) is 38.1 Å². The van der Waals surface area contributed by atoms with Gasteiger partial charge in [-0.1, -0.05) is 24.3 Å². The standard InChI is InChI=1S/C28H33NO5/c1-32-23-7-3-19(4-8-23)27(20-5-9-24(33-2)10-6-20)29-25(30)16-34-28(31)26-21-12-17-11-18(14-21)15-22(26)13-17/h3-10,17-18,21-22,26-27H,11-16H2,1-2H3,(H,29,30). The van der Waals surface area contributed by atoms with Gasteiger partial charge in [-0.05, 0) is 91.2 Å². The van der Waals surface area contributed by atoms with Crippen LogP contribution in [0.2, 0.25) is 0 Å². The first-order valence-corrected chi connectivity index (χ1v) is 12.3. The molecule has 180 valence electrons. The zero-order valence-corrected chi connectivity index (χ0v) is 19.9. The van der Waals surface area contributed by atoms with E-state index in [1.165, 1.54) is 6.42 Å². The third kappa shape index (κ3) is 4.63. The molecule has 0 unspecified atom stereocenters. The van der Waals surface area contributed by atoms with Crippen LogP contribution in [0.3, 0.4) is 0 Å². The van der Waals surface area contributed by atoms with Gasteiger partial charge in [-0.25, -0.2) is 0 Å². The minimum atomic E-state index is -0.385. The highest BCUT2D eigenvalue weighted by Gasteiger charge is 2.51. The molecule has 6 nitrogen and oxygen atoms in total. The fraction of sp³-hybridized carbons (Fsp3) is 0.500.